The molecule has 0 saturated heterocycles. The fraction of sp³-hybridized carbons (Fsp3) is 1.00. The zero-order valence-electron chi connectivity index (χ0n) is 9.86. The van der Waals surface area contributed by atoms with Gasteiger partial charge in [0.05, 0.1) is 0 Å². The van der Waals surface area contributed by atoms with Gasteiger partial charge >= 0.3 is 0 Å². The van der Waals surface area contributed by atoms with Crippen LogP contribution in [-0.4, -0.2) is 38.4 Å². The maximum absolute atomic E-state index is 11.8. The Morgan fingerprint density at radius 2 is 1.93 bits per heavy atom. The molecule has 0 radical (unpaired) electrons. The van der Waals surface area contributed by atoms with Gasteiger partial charge in [0.25, 0.3) is 10.2 Å². The van der Waals surface area contributed by atoms with Crippen molar-refractivity contribution in [1.29, 1.82) is 0 Å². The smallest absolute Gasteiger partial charge is 0.279 e. The lowest BCUT2D eigenvalue weighted by Gasteiger charge is -2.22. The standard InChI is InChI=1S/C9H23N3O2S/c1-4-7-12(8-5-6-10)15(13,14)11-9(2)3/h9,11H,4-8,10H2,1-3H3. The van der Waals surface area contributed by atoms with E-state index in [1.165, 1.54) is 4.31 Å². The second-order valence-corrected chi connectivity index (χ2v) is 5.52. The molecule has 0 aliphatic rings. The molecule has 0 rings (SSSR count). The molecular formula is C9H23N3O2S. The van der Waals surface area contributed by atoms with Gasteiger partial charge in [-0.25, -0.2) is 0 Å². The number of nitrogens with zero attached hydrogens (tertiary/aromatic N) is 1. The van der Waals surface area contributed by atoms with Gasteiger partial charge in [0.2, 0.25) is 0 Å². The van der Waals surface area contributed by atoms with Crippen molar-refractivity contribution in [3.8, 4) is 0 Å². The Kier molecular flexibility index (Phi) is 7.08. The highest BCUT2D eigenvalue weighted by Gasteiger charge is 2.20. The summed E-state index contributed by atoms with van der Waals surface area (Å²) in [6.45, 7) is 7.13. The fourth-order valence-corrected chi connectivity index (χ4v) is 2.78. The van der Waals surface area contributed by atoms with Gasteiger partial charge in [-0.15, -0.1) is 0 Å². The van der Waals surface area contributed by atoms with Crippen molar-refractivity contribution in [2.24, 2.45) is 5.73 Å². The topological polar surface area (TPSA) is 75.4 Å². The fourth-order valence-electron chi connectivity index (χ4n) is 1.24. The van der Waals surface area contributed by atoms with E-state index in [1.807, 2.05) is 20.8 Å². The predicted octanol–water partition coefficient (Wildman–Crippen LogP) is 0.290. The Morgan fingerprint density at radius 3 is 2.33 bits per heavy atom. The summed E-state index contributed by atoms with van der Waals surface area (Å²) >= 11 is 0. The van der Waals surface area contributed by atoms with E-state index in [-0.39, 0.29) is 6.04 Å². The zero-order valence-corrected chi connectivity index (χ0v) is 10.7. The minimum atomic E-state index is -3.33. The van der Waals surface area contributed by atoms with Crippen LogP contribution < -0.4 is 10.5 Å². The van der Waals surface area contributed by atoms with Crippen LogP contribution in [-0.2, 0) is 10.2 Å². The molecule has 0 bridgehead atoms. The van der Waals surface area contributed by atoms with Crippen LogP contribution in [0.4, 0.5) is 0 Å². The van der Waals surface area contributed by atoms with Gasteiger partial charge in [0, 0.05) is 19.1 Å². The van der Waals surface area contributed by atoms with Gasteiger partial charge < -0.3 is 5.73 Å². The largest absolute Gasteiger partial charge is 0.330 e. The summed E-state index contributed by atoms with van der Waals surface area (Å²) in [5, 5.41) is 0. The first kappa shape index (κ1) is 14.8. The molecule has 0 amide bonds. The van der Waals surface area contributed by atoms with Crippen molar-refractivity contribution in [2.45, 2.75) is 39.7 Å². The summed E-state index contributed by atoms with van der Waals surface area (Å²) in [4.78, 5) is 0. The molecule has 0 aliphatic heterocycles. The lowest BCUT2D eigenvalue weighted by atomic mass is 10.4. The molecule has 15 heavy (non-hydrogen) atoms. The average Bonchev–Trinajstić information content (AvgIpc) is 2.09. The Labute approximate surface area is 93.2 Å². The minimum Gasteiger partial charge on any atom is -0.330 e. The van der Waals surface area contributed by atoms with E-state index in [9.17, 15) is 8.42 Å². The van der Waals surface area contributed by atoms with Gasteiger partial charge in [0.1, 0.15) is 0 Å². The molecule has 0 atom stereocenters. The number of nitrogens with one attached hydrogen (secondary N) is 1. The molecule has 0 saturated carbocycles. The van der Waals surface area contributed by atoms with Crippen molar-refractivity contribution < 1.29 is 8.42 Å². The third-order valence-electron chi connectivity index (χ3n) is 1.81. The van der Waals surface area contributed by atoms with Gasteiger partial charge in [-0.05, 0) is 33.2 Å². The van der Waals surface area contributed by atoms with Crippen molar-refractivity contribution in [1.82, 2.24) is 9.03 Å². The number of nitrogens with two attached hydrogens (primary N) is 1. The van der Waals surface area contributed by atoms with Gasteiger partial charge in [-0.1, -0.05) is 6.92 Å². The average molecular weight is 237 g/mol. The number of hydrogen-bond acceptors (Lipinski definition) is 3. The van der Waals surface area contributed by atoms with E-state index in [0.717, 1.165) is 6.42 Å². The maximum atomic E-state index is 11.8. The Morgan fingerprint density at radius 1 is 1.33 bits per heavy atom. The summed E-state index contributed by atoms with van der Waals surface area (Å²) < 4.78 is 27.7. The molecule has 0 aromatic carbocycles. The highest BCUT2D eigenvalue weighted by molar-refractivity contribution is 7.87. The molecule has 6 heteroatoms. The SMILES string of the molecule is CCCN(CCCN)S(=O)(=O)NC(C)C. The van der Waals surface area contributed by atoms with E-state index in [0.29, 0.717) is 26.1 Å². The van der Waals surface area contributed by atoms with Crippen LogP contribution in [0.25, 0.3) is 0 Å². The molecule has 0 spiro atoms. The zero-order chi connectivity index (χ0) is 11.9. The van der Waals surface area contributed by atoms with E-state index in [2.05, 4.69) is 4.72 Å². The molecule has 0 unspecified atom stereocenters. The van der Waals surface area contributed by atoms with Crippen LogP contribution in [0, 0.1) is 0 Å². The molecule has 0 heterocycles. The Balaban J connectivity index is 4.44. The normalized spacial score (nSPS) is 12.7. The highest BCUT2D eigenvalue weighted by atomic mass is 32.2. The maximum Gasteiger partial charge on any atom is 0.279 e. The second-order valence-electron chi connectivity index (χ2n) is 3.82. The van der Waals surface area contributed by atoms with Crippen LogP contribution in [0.15, 0.2) is 0 Å². The summed E-state index contributed by atoms with van der Waals surface area (Å²) in [7, 11) is -3.33. The van der Waals surface area contributed by atoms with E-state index in [4.69, 9.17) is 5.73 Å². The first-order chi connectivity index (χ1) is 6.94. The van der Waals surface area contributed by atoms with Gasteiger partial charge in [-0.3, -0.25) is 0 Å². The third-order valence-corrected chi connectivity index (χ3v) is 3.62. The lowest BCUT2D eigenvalue weighted by molar-refractivity contribution is 0.395. The van der Waals surface area contributed by atoms with Crippen molar-refractivity contribution in [2.75, 3.05) is 19.6 Å². The van der Waals surface area contributed by atoms with Crippen LogP contribution in [0.2, 0.25) is 0 Å². The summed E-state index contributed by atoms with van der Waals surface area (Å²) in [6.07, 6.45) is 1.50. The predicted molar refractivity (Wildman–Crippen MR) is 62.7 cm³/mol. The first-order valence-corrected chi connectivity index (χ1v) is 6.85. The molecule has 3 N–H and O–H groups in total. The van der Waals surface area contributed by atoms with Crippen LogP contribution in [0.3, 0.4) is 0 Å². The van der Waals surface area contributed by atoms with Gasteiger partial charge in [0.15, 0.2) is 0 Å². The molecule has 0 aromatic rings. The summed E-state index contributed by atoms with van der Waals surface area (Å²) in [5.41, 5.74) is 5.38. The van der Waals surface area contributed by atoms with Crippen molar-refractivity contribution >= 4 is 10.2 Å². The third kappa shape index (κ3) is 6.09. The molecular weight excluding hydrogens is 214 g/mol. The lowest BCUT2D eigenvalue weighted by Crippen LogP contribution is -2.44. The number of rotatable bonds is 8. The number of hydrogen-bond donors (Lipinski definition) is 2. The van der Waals surface area contributed by atoms with Crippen molar-refractivity contribution in [3.63, 3.8) is 0 Å². The first-order valence-electron chi connectivity index (χ1n) is 5.41. The summed E-state index contributed by atoms with van der Waals surface area (Å²) in [5.74, 6) is 0. The van der Waals surface area contributed by atoms with Crippen molar-refractivity contribution in [3.05, 3.63) is 0 Å². The van der Waals surface area contributed by atoms with Crippen LogP contribution in [0.5, 0.6) is 0 Å². The molecule has 0 aliphatic carbocycles. The quantitative estimate of drug-likeness (QED) is 0.637. The minimum absolute atomic E-state index is 0.0766. The molecule has 92 valence electrons. The van der Waals surface area contributed by atoms with E-state index in [1.54, 1.807) is 0 Å². The van der Waals surface area contributed by atoms with Crippen LogP contribution >= 0.6 is 0 Å². The Hall–Kier alpha value is -0.170. The molecule has 5 nitrogen and oxygen atoms in total. The summed E-state index contributed by atoms with van der Waals surface area (Å²) in [6, 6.07) is -0.0766. The monoisotopic (exact) mass is 237 g/mol. The Bertz CT molecular complexity index is 252. The molecule has 0 aromatic heterocycles. The van der Waals surface area contributed by atoms with Crippen LogP contribution in [0.1, 0.15) is 33.6 Å². The second kappa shape index (κ2) is 7.16. The van der Waals surface area contributed by atoms with E-state index >= 15 is 0 Å². The molecule has 0 fully saturated rings. The highest BCUT2D eigenvalue weighted by Crippen LogP contribution is 2.02. The van der Waals surface area contributed by atoms with Gasteiger partial charge in [-0.2, -0.15) is 17.4 Å². The van der Waals surface area contributed by atoms with E-state index < -0.39 is 10.2 Å².